The number of hydrogen-bond acceptors (Lipinski definition) is 7. The van der Waals surface area contributed by atoms with E-state index in [0.29, 0.717) is 42.4 Å². The first-order valence-electron chi connectivity index (χ1n) is 8.31. The van der Waals surface area contributed by atoms with Crippen molar-refractivity contribution in [3.63, 3.8) is 0 Å². The zero-order valence-electron chi connectivity index (χ0n) is 13.8. The molecule has 0 bridgehead atoms. The average Bonchev–Trinajstić information content (AvgIpc) is 3.14. The molecule has 1 aliphatic heterocycles. The van der Waals surface area contributed by atoms with E-state index in [4.69, 9.17) is 13.7 Å². The molecule has 2 fully saturated rings. The lowest BCUT2D eigenvalue weighted by atomic mass is 9.85. The van der Waals surface area contributed by atoms with Gasteiger partial charge in [-0.05, 0) is 26.7 Å². The first-order chi connectivity index (χ1) is 11.6. The third kappa shape index (κ3) is 2.60. The number of rotatable bonds is 3. The number of aryl methyl sites for hydroxylation is 1. The first-order valence-corrected chi connectivity index (χ1v) is 8.31. The standard InChI is InChI=1S/C16H20N4O4/c1-9-13(15-17-10(2)19-24-15)20(6-7-22-9)16(21)12-8-23-14(18-12)11-4-3-5-11/h8-9,11,13H,3-7H2,1-2H3/t9-,13+/m1/s1. The zero-order chi connectivity index (χ0) is 16.7. The Labute approximate surface area is 139 Å². The van der Waals surface area contributed by atoms with Gasteiger partial charge in [0.25, 0.3) is 11.8 Å². The van der Waals surface area contributed by atoms with Gasteiger partial charge in [0.2, 0.25) is 0 Å². The number of aromatic nitrogens is 3. The topological polar surface area (TPSA) is 94.5 Å². The molecule has 0 unspecified atom stereocenters. The number of nitrogens with zero attached hydrogens (tertiary/aromatic N) is 4. The fourth-order valence-electron chi connectivity index (χ4n) is 3.19. The maximum Gasteiger partial charge on any atom is 0.276 e. The van der Waals surface area contributed by atoms with Crippen LogP contribution in [0.15, 0.2) is 15.2 Å². The molecule has 4 rings (SSSR count). The fourth-order valence-corrected chi connectivity index (χ4v) is 3.19. The first kappa shape index (κ1) is 15.3. The van der Waals surface area contributed by atoms with Gasteiger partial charge in [0.15, 0.2) is 17.4 Å². The largest absolute Gasteiger partial charge is 0.448 e. The van der Waals surface area contributed by atoms with E-state index in [-0.39, 0.29) is 12.0 Å². The molecule has 128 valence electrons. The second kappa shape index (κ2) is 6.01. The highest BCUT2D eigenvalue weighted by Crippen LogP contribution is 2.36. The highest BCUT2D eigenvalue weighted by Gasteiger charge is 2.39. The zero-order valence-corrected chi connectivity index (χ0v) is 13.8. The van der Waals surface area contributed by atoms with Crippen LogP contribution in [0, 0.1) is 6.92 Å². The summed E-state index contributed by atoms with van der Waals surface area (Å²) in [6, 6.07) is -0.420. The van der Waals surface area contributed by atoms with Crippen molar-refractivity contribution in [3.05, 3.63) is 29.6 Å². The Morgan fingerprint density at radius 2 is 2.12 bits per heavy atom. The number of oxazole rings is 1. The van der Waals surface area contributed by atoms with Crippen molar-refractivity contribution in [2.75, 3.05) is 13.2 Å². The van der Waals surface area contributed by atoms with E-state index in [1.807, 2.05) is 6.92 Å². The number of carbonyl (C=O) groups is 1. The van der Waals surface area contributed by atoms with Crippen LogP contribution in [0.1, 0.15) is 66.2 Å². The van der Waals surface area contributed by atoms with E-state index in [1.165, 1.54) is 12.7 Å². The molecule has 2 aliphatic rings. The van der Waals surface area contributed by atoms with Gasteiger partial charge in [-0.25, -0.2) is 4.98 Å². The van der Waals surface area contributed by atoms with E-state index in [0.717, 1.165) is 12.8 Å². The van der Waals surface area contributed by atoms with Gasteiger partial charge < -0.3 is 18.6 Å². The molecule has 1 amide bonds. The number of carbonyl (C=O) groups excluding carboxylic acids is 1. The Balaban J connectivity index is 1.59. The maximum absolute atomic E-state index is 12.9. The molecule has 0 aromatic carbocycles. The lowest BCUT2D eigenvalue weighted by Crippen LogP contribution is -2.47. The Kier molecular flexibility index (Phi) is 3.84. The van der Waals surface area contributed by atoms with Gasteiger partial charge in [-0.1, -0.05) is 11.6 Å². The highest BCUT2D eigenvalue weighted by atomic mass is 16.5. The summed E-state index contributed by atoms with van der Waals surface area (Å²) in [5, 5.41) is 3.82. The van der Waals surface area contributed by atoms with Crippen molar-refractivity contribution < 1.29 is 18.5 Å². The van der Waals surface area contributed by atoms with Crippen molar-refractivity contribution >= 4 is 5.91 Å². The number of hydrogen-bond donors (Lipinski definition) is 0. The molecular formula is C16H20N4O4. The van der Waals surface area contributed by atoms with Gasteiger partial charge >= 0.3 is 0 Å². The van der Waals surface area contributed by atoms with Crippen LogP contribution in [-0.4, -0.2) is 45.2 Å². The summed E-state index contributed by atoms with van der Waals surface area (Å²) in [6.45, 7) is 4.55. The van der Waals surface area contributed by atoms with Crippen molar-refractivity contribution in [2.24, 2.45) is 0 Å². The number of ether oxygens (including phenoxy) is 1. The number of amides is 1. The molecule has 0 N–H and O–H groups in total. The molecule has 0 radical (unpaired) electrons. The fraction of sp³-hybridized carbons (Fsp3) is 0.625. The van der Waals surface area contributed by atoms with Gasteiger partial charge in [0.1, 0.15) is 12.3 Å². The van der Waals surface area contributed by atoms with Crippen LogP contribution < -0.4 is 0 Å². The molecule has 3 heterocycles. The summed E-state index contributed by atoms with van der Waals surface area (Å²) in [5.74, 6) is 1.74. The summed E-state index contributed by atoms with van der Waals surface area (Å²) in [5.41, 5.74) is 0.326. The van der Waals surface area contributed by atoms with Gasteiger partial charge in [0.05, 0.1) is 12.7 Å². The lowest BCUT2D eigenvalue weighted by Gasteiger charge is -2.37. The van der Waals surface area contributed by atoms with Gasteiger partial charge in [-0.15, -0.1) is 0 Å². The van der Waals surface area contributed by atoms with Gasteiger partial charge in [-0.3, -0.25) is 4.79 Å². The summed E-state index contributed by atoms with van der Waals surface area (Å²) < 4.78 is 16.5. The van der Waals surface area contributed by atoms with Crippen LogP contribution in [-0.2, 0) is 4.74 Å². The smallest absolute Gasteiger partial charge is 0.276 e. The molecular weight excluding hydrogens is 312 g/mol. The minimum atomic E-state index is -0.420. The van der Waals surface area contributed by atoms with Crippen molar-refractivity contribution in [1.82, 2.24) is 20.0 Å². The SMILES string of the molecule is Cc1noc([C@@H]2[C@@H](C)OCCN2C(=O)c2coc(C3CCC3)n2)n1. The predicted octanol–water partition coefficient (Wildman–Crippen LogP) is 2.24. The average molecular weight is 332 g/mol. The van der Waals surface area contributed by atoms with Crippen LogP contribution >= 0.6 is 0 Å². The van der Waals surface area contributed by atoms with E-state index in [1.54, 1.807) is 11.8 Å². The summed E-state index contributed by atoms with van der Waals surface area (Å²) in [7, 11) is 0. The third-order valence-corrected chi connectivity index (χ3v) is 4.75. The molecule has 1 saturated carbocycles. The molecule has 24 heavy (non-hydrogen) atoms. The molecule has 8 nitrogen and oxygen atoms in total. The Hall–Kier alpha value is -2.22. The van der Waals surface area contributed by atoms with Crippen LogP contribution in [0.3, 0.4) is 0 Å². The summed E-state index contributed by atoms with van der Waals surface area (Å²) in [4.78, 5) is 23.3. The molecule has 2 atom stereocenters. The molecule has 8 heteroatoms. The van der Waals surface area contributed by atoms with Crippen molar-refractivity contribution in [3.8, 4) is 0 Å². The predicted molar refractivity (Wildman–Crippen MR) is 81.3 cm³/mol. The minimum Gasteiger partial charge on any atom is -0.448 e. The Bertz CT molecular complexity index is 736. The normalized spacial score (nSPS) is 24.8. The van der Waals surface area contributed by atoms with Gasteiger partial charge in [0, 0.05) is 12.5 Å². The molecule has 1 aliphatic carbocycles. The monoisotopic (exact) mass is 332 g/mol. The number of morpholine rings is 1. The van der Waals surface area contributed by atoms with E-state index in [2.05, 4.69) is 15.1 Å². The maximum atomic E-state index is 12.9. The van der Waals surface area contributed by atoms with E-state index in [9.17, 15) is 4.79 Å². The molecule has 2 aromatic heterocycles. The molecule has 1 saturated heterocycles. The summed E-state index contributed by atoms with van der Waals surface area (Å²) >= 11 is 0. The van der Waals surface area contributed by atoms with E-state index < -0.39 is 6.04 Å². The minimum absolute atomic E-state index is 0.194. The van der Waals surface area contributed by atoms with Crippen LogP contribution in [0.4, 0.5) is 0 Å². The lowest BCUT2D eigenvalue weighted by molar-refractivity contribution is -0.0602. The molecule has 0 spiro atoms. The Morgan fingerprint density at radius 1 is 1.29 bits per heavy atom. The second-order valence-electron chi connectivity index (χ2n) is 6.40. The van der Waals surface area contributed by atoms with Crippen molar-refractivity contribution in [1.29, 1.82) is 0 Å². The van der Waals surface area contributed by atoms with E-state index >= 15 is 0 Å². The van der Waals surface area contributed by atoms with Crippen LogP contribution in [0.2, 0.25) is 0 Å². The molecule has 2 aromatic rings. The van der Waals surface area contributed by atoms with Crippen molar-refractivity contribution in [2.45, 2.75) is 51.2 Å². The summed E-state index contributed by atoms with van der Waals surface area (Å²) in [6.07, 6.45) is 4.56. The third-order valence-electron chi connectivity index (χ3n) is 4.75. The highest BCUT2D eigenvalue weighted by molar-refractivity contribution is 5.92. The van der Waals surface area contributed by atoms with Crippen LogP contribution in [0.25, 0.3) is 0 Å². The van der Waals surface area contributed by atoms with Gasteiger partial charge in [-0.2, -0.15) is 4.98 Å². The Morgan fingerprint density at radius 3 is 2.79 bits per heavy atom. The quantitative estimate of drug-likeness (QED) is 0.850. The van der Waals surface area contributed by atoms with Crippen LogP contribution in [0.5, 0.6) is 0 Å². The second-order valence-corrected chi connectivity index (χ2v) is 6.40.